The number of anilines is 2. The average Bonchev–Trinajstić information content (AvgIpc) is 3.62. The maximum absolute atomic E-state index is 13.3. The van der Waals surface area contributed by atoms with E-state index >= 15 is 0 Å². The largest absolute Gasteiger partial charge is 0.338 e. The minimum Gasteiger partial charge on any atom is -0.338 e. The number of carbonyl (C=O) groups excluding carboxylic acids is 2. The summed E-state index contributed by atoms with van der Waals surface area (Å²) in [6.45, 7) is 3.47. The minimum absolute atomic E-state index is 0.0512. The van der Waals surface area contributed by atoms with E-state index in [9.17, 15) is 18.0 Å². The van der Waals surface area contributed by atoms with Crippen LogP contribution in [0.15, 0.2) is 54.6 Å². The Kier molecular flexibility index (Phi) is 9.72. The predicted molar refractivity (Wildman–Crippen MR) is 140 cm³/mol. The zero-order valence-electron chi connectivity index (χ0n) is 20.7. The molecule has 2 aromatic carbocycles. The van der Waals surface area contributed by atoms with Crippen LogP contribution in [0.25, 0.3) is 0 Å². The van der Waals surface area contributed by atoms with E-state index in [0.29, 0.717) is 30.9 Å². The molecule has 1 fully saturated rings. The van der Waals surface area contributed by atoms with Crippen LogP contribution in [0.1, 0.15) is 57.4 Å². The van der Waals surface area contributed by atoms with Crippen molar-refractivity contribution in [3.63, 3.8) is 0 Å². The summed E-state index contributed by atoms with van der Waals surface area (Å²) in [5, 5.41) is 2.85. The number of nitrogens with one attached hydrogen (secondary N) is 2. The first-order valence-electron chi connectivity index (χ1n) is 12.5. The highest BCUT2D eigenvalue weighted by molar-refractivity contribution is 7.92. The molecule has 0 spiro atoms. The van der Waals surface area contributed by atoms with Gasteiger partial charge in [0.25, 0.3) is 0 Å². The molecule has 2 unspecified atom stereocenters. The van der Waals surface area contributed by atoms with E-state index in [4.69, 9.17) is 0 Å². The van der Waals surface area contributed by atoms with Crippen molar-refractivity contribution in [3.8, 4) is 0 Å². The van der Waals surface area contributed by atoms with E-state index in [0.717, 1.165) is 24.7 Å². The first kappa shape index (κ1) is 26.7. The highest BCUT2D eigenvalue weighted by Gasteiger charge is 2.49. The monoisotopic (exact) mass is 499 g/mol. The molecule has 1 aliphatic rings. The number of nitrogens with zero attached hydrogens (tertiary/aromatic N) is 1. The van der Waals surface area contributed by atoms with Gasteiger partial charge < -0.3 is 10.2 Å². The van der Waals surface area contributed by atoms with E-state index in [-0.39, 0.29) is 23.7 Å². The van der Waals surface area contributed by atoms with Gasteiger partial charge in [-0.05, 0) is 42.7 Å². The van der Waals surface area contributed by atoms with Crippen LogP contribution in [-0.4, -0.2) is 37.9 Å². The van der Waals surface area contributed by atoms with Gasteiger partial charge >= 0.3 is 0 Å². The zero-order chi connectivity index (χ0) is 25.3. The fraction of sp³-hybridized carbons (Fsp3) is 0.481. The summed E-state index contributed by atoms with van der Waals surface area (Å²) >= 11 is 0. The topological polar surface area (TPSA) is 95.6 Å². The highest BCUT2D eigenvalue weighted by atomic mass is 32.2. The third kappa shape index (κ3) is 9.02. The molecular weight excluding hydrogens is 462 g/mol. The molecule has 8 heteroatoms. The molecule has 2 aromatic rings. The molecule has 0 aliphatic heterocycles. The number of rotatable bonds is 14. The van der Waals surface area contributed by atoms with Crippen LogP contribution in [0.5, 0.6) is 0 Å². The molecule has 2 amide bonds. The van der Waals surface area contributed by atoms with Crippen molar-refractivity contribution in [2.75, 3.05) is 22.8 Å². The van der Waals surface area contributed by atoms with Gasteiger partial charge in [-0.1, -0.05) is 69.4 Å². The molecule has 7 nitrogen and oxygen atoms in total. The van der Waals surface area contributed by atoms with Gasteiger partial charge in [0, 0.05) is 24.5 Å². The summed E-state index contributed by atoms with van der Waals surface area (Å²) in [5.74, 6) is -0.745. The van der Waals surface area contributed by atoms with Crippen LogP contribution >= 0.6 is 0 Å². The minimum atomic E-state index is -3.36. The van der Waals surface area contributed by atoms with E-state index < -0.39 is 10.0 Å². The Morgan fingerprint density at radius 2 is 1.51 bits per heavy atom. The van der Waals surface area contributed by atoms with Gasteiger partial charge in [0.2, 0.25) is 21.8 Å². The summed E-state index contributed by atoms with van der Waals surface area (Å²) in [6.07, 6.45) is 8.61. The van der Waals surface area contributed by atoms with Crippen molar-refractivity contribution < 1.29 is 18.0 Å². The molecule has 190 valence electrons. The number of carbonyl (C=O) groups is 2. The number of unbranched alkanes of at least 4 members (excludes halogenated alkanes) is 5. The molecule has 0 heterocycles. The van der Waals surface area contributed by atoms with E-state index in [1.807, 2.05) is 35.2 Å². The Morgan fingerprint density at radius 3 is 2.17 bits per heavy atom. The highest BCUT2D eigenvalue weighted by Crippen LogP contribution is 2.41. The average molecular weight is 500 g/mol. The second-order valence-electron chi connectivity index (χ2n) is 9.40. The van der Waals surface area contributed by atoms with Crippen molar-refractivity contribution >= 4 is 33.2 Å². The second-order valence-corrected chi connectivity index (χ2v) is 11.2. The molecule has 3 rings (SSSR count). The first-order valence-corrected chi connectivity index (χ1v) is 14.4. The fourth-order valence-corrected chi connectivity index (χ4v) is 4.78. The van der Waals surface area contributed by atoms with E-state index in [2.05, 4.69) is 17.0 Å². The SMILES string of the molecule is CCCCCCCCN(Cc1ccccc1)C(=O)C1CC1C(=O)Nc1ccc(NS(C)(=O)=O)cc1. The summed E-state index contributed by atoms with van der Waals surface area (Å²) in [5.41, 5.74) is 2.09. The predicted octanol–water partition coefficient (Wildman–Crippen LogP) is 5.02. The molecule has 0 aromatic heterocycles. The zero-order valence-corrected chi connectivity index (χ0v) is 21.5. The van der Waals surface area contributed by atoms with Crippen LogP contribution < -0.4 is 10.0 Å². The smallest absolute Gasteiger partial charge is 0.229 e. The third-order valence-corrected chi connectivity index (χ3v) is 6.82. The molecule has 0 saturated heterocycles. The molecular formula is C27H37N3O4S. The molecule has 1 aliphatic carbocycles. The van der Waals surface area contributed by atoms with Crippen molar-refractivity contribution in [1.82, 2.24) is 4.90 Å². The standard InChI is InChI=1S/C27H37N3O4S/c1-3-4-5-6-7-11-18-30(20-21-12-9-8-10-13-21)27(32)25-19-24(25)26(31)28-22-14-16-23(17-15-22)29-35(2,33)34/h8-10,12-17,24-25,29H,3-7,11,18-20H2,1-2H3,(H,28,31). The van der Waals surface area contributed by atoms with Crippen LogP contribution in [0, 0.1) is 11.8 Å². The lowest BCUT2D eigenvalue weighted by molar-refractivity contribution is -0.134. The van der Waals surface area contributed by atoms with Crippen LogP contribution in [0.2, 0.25) is 0 Å². The van der Waals surface area contributed by atoms with Gasteiger partial charge in [-0.25, -0.2) is 8.42 Å². The number of amides is 2. The van der Waals surface area contributed by atoms with Crippen LogP contribution in [0.3, 0.4) is 0 Å². The lowest BCUT2D eigenvalue weighted by Crippen LogP contribution is -2.34. The molecule has 0 bridgehead atoms. The van der Waals surface area contributed by atoms with E-state index in [1.54, 1.807) is 24.3 Å². The molecule has 35 heavy (non-hydrogen) atoms. The molecule has 1 saturated carbocycles. The normalized spacial score (nSPS) is 17.0. The lowest BCUT2D eigenvalue weighted by Gasteiger charge is -2.23. The number of benzene rings is 2. The third-order valence-electron chi connectivity index (χ3n) is 6.21. The second kappa shape index (κ2) is 12.7. The summed E-state index contributed by atoms with van der Waals surface area (Å²) < 4.78 is 25.1. The number of sulfonamides is 1. The maximum Gasteiger partial charge on any atom is 0.229 e. The van der Waals surface area contributed by atoms with Crippen LogP contribution in [0.4, 0.5) is 11.4 Å². The summed E-state index contributed by atoms with van der Waals surface area (Å²) in [6, 6.07) is 16.5. The van der Waals surface area contributed by atoms with Crippen molar-refractivity contribution in [1.29, 1.82) is 0 Å². The van der Waals surface area contributed by atoms with Gasteiger partial charge in [-0.15, -0.1) is 0 Å². The molecule has 2 N–H and O–H groups in total. The fourth-order valence-electron chi connectivity index (χ4n) is 4.22. The van der Waals surface area contributed by atoms with Crippen LogP contribution in [-0.2, 0) is 26.2 Å². The first-order chi connectivity index (χ1) is 16.8. The summed E-state index contributed by atoms with van der Waals surface area (Å²) in [4.78, 5) is 28.0. The Morgan fingerprint density at radius 1 is 0.886 bits per heavy atom. The van der Waals surface area contributed by atoms with Crippen molar-refractivity contribution in [3.05, 3.63) is 60.2 Å². The van der Waals surface area contributed by atoms with Gasteiger partial charge in [0.15, 0.2) is 0 Å². The van der Waals surface area contributed by atoms with Gasteiger partial charge in [0.1, 0.15) is 0 Å². The van der Waals surface area contributed by atoms with Gasteiger partial charge in [-0.3, -0.25) is 14.3 Å². The van der Waals surface area contributed by atoms with Crippen molar-refractivity contribution in [2.45, 2.75) is 58.4 Å². The summed E-state index contributed by atoms with van der Waals surface area (Å²) in [7, 11) is -3.36. The number of hydrogen-bond donors (Lipinski definition) is 2. The maximum atomic E-state index is 13.3. The Balaban J connectivity index is 1.54. The van der Waals surface area contributed by atoms with E-state index in [1.165, 1.54) is 25.7 Å². The van der Waals surface area contributed by atoms with Crippen molar-refractivity contribution in [2.24, 2.45) is 11.8 Å². The van der Waals surface area contributed by atoms with Gasteiger partial charge in [-0.2, -0.15) is 0 Å². The molecule has 0 radical (unpaired) electrons. The van der Waals surface area contributed by atoms with Gasteiger partial charge in [0.05, 0.1) is 18.1 Å². The Hall–Kier alpha value is -2.87. The Labute approximate surface area is 209 Å². The molecule has 2 atom stereocenters. The Bertz CT molecular complexity index is 1070. The quantitative estimate of drug-likeness (QED) is 0.357. The number of hydrogen-bond acceptors (Lipinski definition) is 4. The lowest BCUT2D eigenvalue weighted by atomic mass is 10.1.